The molecule has 0 aliphatic rings. The lowest BCUT2D eigenvalue weighted by Gasteiger charge is -2.13. The smallest absolute Gasteiger partial charge is 0.324 e. The van der Waals surface area contributed by atoms with Gasteiger partial charge in [-0.25, -0.2) is 8.42 Å². The molecule has 0 spiro atoms. The zero-order valence-corrected chi connectivity index (χ0v) is 13.8. The number of sulfonamides is 1. The van der Waals surface area contributed by atoms with Gasteiger partial charge in [0.2, 0.25) is 10.0 Å². The van der Waals surface area contributed by atoms with Crippen LogP contribution in [0.15, 0.2) is 18.5 Å². The fourth-order valence-electron chi connectivity index (χ4n) is 1.08. The number of carboxylic acid groups (broad SMARTS) is 1. The van der Waals surface area contributed by atoms with Gasteiger partial charge in [-0.05, 0) is 37.9 Å². The SMILES string of the molecule is COCC(NS(=O)(=O)c1cc(Br)sc1Br)C(=O)O. The van der Waals surface area contributed by atoms with Crippen molar-refractivity contribution in [2.24, 2.45) is 0 Å². The molecule has 0 amide bonds. The van der Waals surface area contributed by atoms with E-state index in [2.05, 4.69) is 41.3 Å². The van der Waals surface area contributed by atoms with Crippen molar-refractivity contribution in [3.8, 4) is 0 Å². The molecule has 0 aliphatic heterocycles. The van der Waals surface area contributed by atoms with Crippen LogP contribution in [0.4, 0.5) is 0 Å². The summed E-state index contributed by atoms with van der Waals surface area (Å²) in [6, 6.07) is 0.0635. The van der Waals surface area contributed by atoms with Gasteiger partial charge in [0.15, 0.2) is 0 Å². The maximum Gasteiger partial charge on any atom is 0.324 e. The van der Waals surface area contributed by atoms with Crippen molar-refractivity contribution in [2.45, 2.75) is 10.9 Å². The number of halogens is 2. The predicted molar refractivity (Wildman–Crippen MR) is 73.3 cm³/mol. The second-order valence-electron chi connectivity index (χ2n) is 3.16. The van der Waals surface area contributed by atoms with E-state index in [1.54, 1.807) is 0 Å². The largest absolute Gasteiger partial charge is 0.480 e. The monoisotopic (exact) mass is 421 g/mol. The van der Waals surface area contributed by atoms with Crippen LogP contribution in [0.2, 0.25) is 0 Å². The van der Waals surface area contributed by atoms with Crippen LogP contribution in [0, 0.1) is 0 Å². The Bertz CT molecular complexity index is 542. The summed E-state index contributed by atoms with van der Waals surface area (Å²) in [6.45, 7) is -0.252. The van der Waals surface area contributed by atoms with Crippen LogP contribution < -0.4 is 4.72 Å². The molecule has 0 aromatic carbocycles. The van der Waals surface area contributed by atoms with E-state index in [9.17, 15) is 13.2 Å². The Kier molecular flexibility index (Phi) is 5.74. The Hall–Kier alpha value is -0.000000000000000111. The number of rotatable bonds is 6. The fraction of sp³-hybridized carbons (Fsp3) is 0.375. The van der Waals surface area contributed by atoms with Crippen LogP contribution in [-0.4, -0.2) is 39.3 Å². The molecule has 0 aliphatic carbocycles. The molecule has 0 fully saturated rings. The first-order valence-corrected chi connectivity index (χ1v) is 8.35. The minimum atomic E-state index is -3.91. The van der Waals surface area contributed by atoms with E-state index in [1.165, 1.54) is 24.5 Å². The van der Waals surface area contributed by atoms with Crippen molar-refractivity contribution in [3.63, 3.8) is 0 Å². The molecule has 1 heterocycles. The second-order valence-corrected chi connectivity index (χ2v) is 8.59. The maximum absolute atomic E-state index is 12.0. The van der Waals surface area contributed by atoms with Crippen molar-refractivity contribution >= 4 is 59.2 Å². The normalized spacial score (nSPS) is 13.5. The average Bonchev–Trinajstić information content (AvgIpc) is 2.57. The lowest BCUT2D eigenvalue weighted by atomic mass is 10.3. The Morgan fingerprint density at radius 1 is 1.61 bits per heavy atom. The highest BCUT2D eigenvalue weighted by Crippen LogP contribution is 2.34. The first-order valence-electron chi connectivity index (χ1n) is 4.47. The average molecular weight is 423 g/mol. The minimum Gasteiger partial charge on any atom is -0.480 e. The van der Waals surface area contributed by atoms with Gasteiger partial charge >= 0.3 is 5.97 Å². The first-order chi connectivity index (χ1) is 8.27. The molecule has 18 heavy (non-hydrogen) atoms. The summed E-state index contributed by atoms with van der Waals surface area (Å²) in [4.78, 5) is 10.9. The number of hydrogen-bond acceptors (Lipinski definition) is 5. The lowest BCUT2D eigenvalue weighted by Crippen LogP contribution is -2.43. The molecule has 10 heteroatoms. The highest BCUT2D eigenvalue weighted by atomic mass is 79.9. The van der Waals surface area contributed by atoms with Gasteiger partial charge in [0.1, 0.15) is 10.9 Å². The molecule has 1 unspecified atom stereocenters. The quantitative estimate of drug-likeness (QED) is 0.727. The van der Waals surface area contributed by atoms with E-state index in [-0.39, 0.29) is 11.5 Å². The third kappa shape index (κ3) is 4.00. The minimum absolute atomic E-state index is 0.0123. The van der Waals surface area contributed by atoms with Crippen LogP contribution in [0.5, 0.6) is 0 Å². The highest BCUT2D eigenvalue weighted by Gasteiger charge is 2.27. The molecular weight excluding hydrogens is 414 g/mol. The first kappa shape index (κ1) is 16.1. The number of carbonyl (C=O) groups is 1. The van der Waals surface area contributed by atoms with E-state index in [1.807, 2.05) is 0 Å². The van der Waals surface area contributed by atoms with Crippen LogP contribution in [0.1, 0.15) is 0 Å². The van der Waals surface area contributed by atoms with Crippen molar-refractivity contribution in [1.82, 2.24) is 4.72 Å². The van der Waals surface area contributed by atoms with Crippen LogP contribution in [0.3, 0.4) is 0 Å². The predicted octanol–water partition coefficient (Wildman–Crippen LogP) is 1.65. The third-order valence-electron chi connectivity index (χ3n) is 1.84. The summed E-state index contributed by atoms with van der Waals surface area (Å²) >= 11 is 7.45. The van der Waals surface area contributed by atoms with Gasteiger partial charge in [-0.1, -0.05) is 0 Å². The van der Waals surface area contributed by atoms with Gasteiger partial charge in [0.05, 0.1) is 14.2 Å². The fourth-order valence-corrected chi connectivity index (χ4v) is 6.07. The van der Waals surface area contributed by atoms with Crippen LogP contribution in [-0.2, 0) is 19.6 Å². The van der Waals surface area contributed by atoms with E-state index in [0.717, 1.165) is 0 Å². The third-order valence-corrected chi connectivity index (χ3v) is 6.07. The maximum atomic E-state index is 12.0. The summed E-state index contributed by atoms with van der Waals surface area (Å²) in [5, 5.41) is 8.86. The van der Waals surface area contributed by atoms with Crippen molar-refractivity contribution < 1.29 is 23.1 Å². The van der Waals surface area contributed by atoms with Crippen molar-refractivity contribution in [1.29, 1.82) is 0 Å². The van der Waals surface area contributed by atoms with E-state index in [4.69, 9.17) is 5.11 Å². The van der Waals surface area contributed by atoms with E-state index < -0.39 is 22.0 Å². The molecular formula is C8H9Br2NO5S2. The summed E-state index contributed by atoms with van der Waals surface area (Å²) < 4.78 is 31.7. The summed E-state index contributed by atoms with van der Waals surface area (Å²) in [6.07, 6.45) is 0. The second kappa shape index (κ2) is 6.44. The summed E-state index contributed by atoms with van der Waals surface area (Å²) in [5.41, 5.74) is 0. The van der Waals surface area contributed by atoms with Crippen LogP contribution in [0.25, 0.3) is 0 Å². The number of ether oxygens (including phenoxy) is 1. The van der Waals surface area contributed by atoms with Gasteiger partial charge in [0, 0.05) is 7.11 Å². The Morgan fingerprint density at radius 2 is 2.22 bits per heavy atom. The van der Waals surface area contributed by atoms with Gasteiger partial charge in [-0.3, -0.25) is 4.79 Å². The Balaban J connectivity index is 3.00. The Labute approximate surface area is 125 Å². The number of thiophene rings is 1. The molecule has 1 atom stereocenters. The van der Waals surface area contributed by atoms with Gasteiger partial charge in [-0.2, -0.15) is 4.72 Å². The molecule has 102 valence electrons. The zero-order valence-electron chi connectivity index (χ0n) is 9.01. The molecule has 0 saturated heterocycles. The number of carboxylic acids is 1. The van der Waals surface area contributed by atoms with Crippen LogP contribution >= 0.6 is 43.2 Å². The number of methoxy groups -OCH3 is 1. The topological polar surface area (TPSA) is 92.7 Å². The summed E-state index contributed by atoms with van der Waals surface area (Å²) in [7, 11) is -2.62. The number of aliphatic carboxylic acids is 1. The molecule has 6 nitrogen and oxygen atoms in total. The van der Waals surface area contributed by atoms with E-state index >= 15 is 0 Å². The molecule has 1 rings (SSSR count). The Morgan fingerprint density at radius 3 is 2.61 bits per heavy atom. The van der Waals surface area contributed by atoms with E-state index in [0.29, 0.717) is 7.57 Å². The van der Waals surface area contributed by atoms with Gasteiger partial charge in [0.25, 0.3) is 0 Å². The molecule has 0 radical (unpaired) electrons. The molecule has 1 aromatic heterocycles. The van der Waals surface area contributed by atoms with Gasteiger partial charge < -0.3 is 9.84 Å². The zero-order chi connectivity index (χ0) is 13.9. The standard InChI is InChI=1S/C8H9Br2NO5S2/c1-16-3-4(8(12)13)11-18(14,15)5-2-6(9)17-7(5)10/h2,4,11H,3H2,1H3,(H,12,13). The van der Waals surface area contributed by atoms with Crippen molar-refractivity contribution in [2.75, 3.05) is 13.7 Å². The van der Waals surface area contributed by atoms with Gasteiger partial charge in [-0.15, -0.1) is 11.3 Å². The lowest BCUT2D eigenvalue weighted by molar-refractivity contribution is -0.140. The number of nitrogens with one attached hydrogen (secondary N) is 1. The number of hydrogen-bond donors (Lipinski definition) is 2. The molecule has 0 bridgehead atoms. The molecule has 0 saturated carbocycles. The molecule has 1 aromatic rings. The van der Waals surface area contributed by atoms with Crippen molar-refractivity contribution in [3.05, 3.63) is 13.6 Å². The highest BCUT2D eigenvalue weighted by molar-refractivity contribution is 9.12. The molecule has 2 N–H and O–H groups in total. The summed E-state index contributed by atoms with van der Waals surface area (Å²) in [5.74, 6) is -1.30.